The van der Waals surface area contributed by atoms with Gasteiger partial charge in [-0.3, -0.25) is 4.79 Å². The first-order valence-corrected chi connectivity index (χ1v) is 18.0. The highest BCUT2D eigenvalue weighted by Crippen LogP contribution is 2.45. The number of likely N-dealkylation sites (tertiary alicyclic amines) is 1. The molecule has 1 N–H and O–H groups in total. The number of ether oxygens (including phenoxy) is 4. The number of methoxy groups -OCH3 is 1. The van der Waals surface area contributed by atoms with E-state index in [9.17, 15) is 14.4 Å². The molecule has 2 fully saturated rings. The first-order chi connectivity index (χ1) is 24.2. The van der Waals surface area contributed by atoms with E-state index in [-0.39, 0.29) is 48.8 Å². The van der Waals surface area contributed by atoms with Crippen LogP contribution in [0.3, 0.4) is 0 Å². The summed E-state index contributed by atoms with van der Waals surface area (Å²) in [7, 11) is 1.57. The molecule has 1 aromatic heterocycles. The van der Waals surface area contributed by atoms with E-state index in [1.807, 2.05) is 47.6 Å². The van der Waals surface area contributed by atoms with Gasteiger partial charge in [0.15, 0.2) is 0 Å². The molecule has 51 heavy (non-hydrogen) atoms. The first-order valence-electron chi connectivity index (χ1n) is 18.0. The Morgan fingerprint density at radius 3 is 2.51 bits per heavy atom. The van der Waals surface area contributed by atoms with Crippen LogP contribution in [0, 0.1) is 46.8 Å². The lowest BCUT2D eigenvalue weighted by Gasteiger charge is -2.35. The number of carbonyl (C=O) groups excluding carboxylic acids is 3. The predicted octanol–water partition coefficient (Wildman–Crippen LogP) is 6.21. The minimum Gasteiger partial charge on any atom is -0.497 e. The van der Waals surface area contributed by atoms with Gasteiger partial charge < -0.3 is 29.2 Å². The maximum absolute atomic E-state index is 14.6. The standard InChI is InChI=1S/C40H52N4O7/c1-10-12-13-14-28-27-17-15-25(27)19-32(28)51-39(47)43-35(40(6,7)8)37(45)44-21-33(24(5)34(44)38(46)49-22-23(3)4)50-36-29(11-2)41-30-18-16-26(48-9)20-31(30)42-36/h10-11,16,18,20,23-25,27-28,32-35H,1-2,12-14,19,21-22H2,3-9H3,(H,43,47)/t24-,25+,27+,28-,32-,33+,34+,35-/m1/s1. The van der Waals surface area contributed by atoms with Gasteiger partial charge in [-0.25, -0.2) is 19.6 Å². The van der Waals surface area contributed by atoms with E-state index in [2.05, 4.69) is 35.3 Å². The Balaban J connectivity index is 1.38. The zero-order valence-corrected chi connectivity index (χ0v) is 30.9. The van der Waals surface area contributed by atoms with Crippen molar-refractivity contribution >= 4 is 35.1 Å². The number of benzene rings is 1. The topological polar surface area (TPSA) is 129 Å². The molecule has 0 radical (unpaired) electrons. The molecule has 3 aliphatic rings. The van der Waals surface area contributed by atoms with Crippen LogP contribution < -0.4 is 14.8 Å². The Kier molecular flexibility index (Phi) is 11.6. The summed E-state index contributed by atoms with van der Waals surface area (Å²) < 4.78 is 23.6. The molecule has 274 valence electrons. The van der Waals surface area contributed by atoms with Crippen molar-refractivity contribution < 1.29 is 33.3 Å². The molecule has 11 heteroatoms. The lowest BCUT2D eigenvalue weighted by molar-refractivity contribution is -0.156. The van der Waals surface area contributed by atoms with Gasteiger partial charge in [0, 0.05) is 29.7 Å². The Labute approximate surface area is 301 Å². The molecular weight excluding hydrogens is 648 g/mol. The molecule has 2 amide bonds. The molecule has 2 aliphatic carbocycles. The van der Waals surface area contributed by atoms with Crippen LogP contribution >= 0.6 is 0 Å². The van der Waals surface area contributed by atoms with Crippen LogP contribution in [0.2, 0.25) is 0 Å². The Morgan fingerprint density at radius 1 is 1.12 bits per heavy atom. The van der Waals surface area contributed by atoms with Gasteiger partial charge in [-0.1, -0.05) is 66.0 Å². The quantitative estimate of drug-likeness (QED) is 0.106. The smallest absolute Gasteiger partial charge is 0.408 e. The molecule has 0 spiro atoms. The van der Waals surface area contributed by atoms with E-state index in [1.165, 1.54) is 4.90 Å². The van der Waals surface area contributed by atoms with Crippen molar-refractivity contribution in [2.24, 2.45) is 35.0 Å². The SMILES string of the molecule is C=CCCC[C@@H]1[C@H]2C#C[C@H]2C[C@H]1OC(=O)N[C@H](C(=O)N1C[C@H](Oc2nc3cc(OC)ccc3nc2C=C)[C@@H](C)[C@H]1C(=O)OCC(C)C)C(C)(C)C. The lowest BCUT2D eigenvalue weighted by atomic mass is 9.81. The first kappa shape index (κ1) is 37.7. The lowest BCUT2D eigenvalue weighted by Crippen LogP contribution is -2.57. The molecular formula is C40H52N4O7. The minimum atomic E-state index is -1.01. The average Bonchev–Trinajstić information content (AvgIpc) is 3.52. The third-order valence-corrected chi connectivity index (χ3v) is 10.1. The van der Waals surface area contributed by atoms with E-state index in [0.717, 1.165) is 19.3 Å². The van der Waals surface area contributed by atoms with Crippen LogP contribution in [-0.4, -0.2) is 77.4 Å². The molecule has 1 aliphatic heterocycles. The van der Waals surface area contributed by atoms with Gasteiger partial charge in [0.2, 0.25) is 11.8 Å². The van der Waals surface area contributed by atoms with E-state index in [1.54, 1.807) is 31.4 Å². The van der Waals surface area contributed by atoms with Crippen LogP contribution in [0.5, 0.6) is 11.6 Å². The largest absolute Gasteiger partial charge is 0.497 e. The summed E-state index contributed by atoms with van der Waals surface area (Å²) in [6.07, 6.45) is 5.22. The van der Waals surface area contributed by atoms with Crippen molar-refractivity contribution in [3.8, 4) is 23.5 Å². The predicted molar refractivity (Wildman–Crippen MR) is 195 cm³/mol. The summed E-state index contributed by atoms with van der Waals surface area (Å²) in [5.74, 6) is 6.54. The van der Waals surface area contributed by atoms with Gasteiger partial charge in [-0.15, -0.1) is 6.58 Å². The number of esters is 1. The summed E-state index contributed by atoms with van der Waals surface area (Å²) in [6, 6.07) is 3.37. The third-order valence-electron chi connectivity index (χ3n) is 10.1. The Bertz CT molecular complexity index is 1710. The second kappa shape index (κ2) is 15.7. The number of hydrogen-bond donors (Lipinski definition) is 1. The average molecular weight is 701 g/mol. The number of amides is 2. The number of rotatable bonds is 14. The summed E-state index contributed by atoms with van der Waals surface area (Å²) in [5, 5.41) is 2.89. The van der Waals surface area contributed by atoms with Gasteiger partial charge in [0.25, 0.3) is 0 Å². The van der Waals surface area contributed by atoms with Gasteiger partial charge in [-0.05, 0) is 55.2 Å². The summed E-state index contributed by atoms with van der Waals surface area (Å²) in [5.41, 5.74) is 0.886. The van der Waals surface area contributed by atoms with Crippen molar-refractivity contribution in [1.82, 2.24) is 20.2 Å². The number of allylic oxidation sites excluding steroid dienone is 1. The zero-order chi connectivity index (χ0) is 37.0. The van der Waals surface area contributed by atoms with Crippen molar-refractivity contribution in [3.63, 3.8) is 0 Å². The Morgan fingerprint density at radius 2 is 1.88 bits per heavy atom. The fraction of sp³-hybridized carbons (Fsp3) is 0.575. The highest BCUT2D eigenvalue weighted by Gasteiger charge is 2.52. The number of alkyl carbamates (subject to hydrolysis) is 1. The second-order valence-electron chi connectivity index (χ2n) is 15.4. The Hall–Kier alpha value is -4.59. The number of nitrogens with one attached hydrogen (secondary N) is 1. The van der Waals surface area contributed by atoms with Crippen LogP contribution in [0.15, 0.2) is 37.4 Å². The highest BCUT2D eigenvalue weighted by atomic mass is 16.6. The molecule has 8 atom stereocenters. The number of hydrogen-bond acceptors (Lipinski definition) is 9. The fourth-order valence-corrected chi connectivity index (χ4v) is 7.20. The van der Waals surface area contributed by atoms with Gasteiger partial charge >= 0.3 is 12.1 Å². The van der Waals surface area contributed by atoms with E-state index >= 15 is 0 Å². The molecule has 1 aromatic carbocycles. The molecule has 11 nitrogen and oxygen atoms in total. The molecule has 2 heterocycles. The monoisotopic (exact) mass is 700 g/mol. The maximum Gasteiger partial charge on any atom is 0.408 e. The number of aromatic nitrogens is 2. The molecule has 1 saturated heterocycles. The van der Waals surface area contributed by atoms with E-state index < -0.39 is 47.5 Å². The van der Waals surface area contributed by atoms with Crippen LogP contribution in [0.4, 0.5) is 4.79 Å². The van der Waals surface area contributed by atoms with Crippen LogP contribution in [-0.2, 0) is 19.1 Å². The number of nitrogens with zero attached hydrogens (tertiary/aromatic N) is 3. The number of fused-ring (bicyclic) bond motifs is 2. The normalized spacial score (nSPS) is 25.6. The van der Waals surface area contributed by atoms with Gasteiger partial charge in [-0.2, -0.15) is 0 Å². The van der Waals surface area contributed by atoms with E-state index in [4.69, 9.17) is 23.9 Å². The molecule has 1 saturated carbocycles. The molecule has 0 unspecified atom stereocenters. The second-order valence-corrected chi connectivity index (χ2v) is 15.4. The van der Waals surface area contributed by atoms with Crippen molar-refractivity contribution in [1.29, 1.82) is 0 Å². The third kappa shape index (κ3) is 8.32. The maximum atomic E-state index is 14.6. The van der Waals surface area contributed by atoms with Crippen molar-refractivity contribution in [2.75, 3.05) is 20.3 Å². The zero-order valence-electron chi connectivity index (χ0n) is 30.9. The van der Waals surface area contributed by atoms with E-state index in [0.29, 0.717) is 28.9 Å². The summed E-state index contributed by atoms with van der Waals surface area (Å²) >= 11 is 0. The van der Waals surface area contributed by atoms with Gasteiger partial charge in [0.05, 0.1) is 31.3 Å². The van der Waals surface area contributed by atoms with Gasteiger partial charge in [0.1, 0.15) is 35.7 Å². The summed E-state index contributed by atoms with van der Waals surface area (Å²) in [4.78, 5) is 52.7. The minimum absolute atomic E-state index is 0.0495. The number of unbranched alkanes of at least 4 members (excludes halogenated alkanes) is 1. The van der Waals surface area contributed by atoms with Crippen LogP contribution in [0.1, 0.15) is 72.9 Å². The van der Waals surface area contributed by atoms with Crippen LogP contribution in [0.25, 0.3) is 17.1 Å². The number of carbonyl (C=O) groups is 3. The fourth-order valence-electron chi connectivity index (χ4n) is 7.20. The molecule has 0 bridgehead atoms. The van der Waals surface area contributed by atoms with Crippen molar-refractivity contribution in [3.05, 3.63) is 43.1 Å². The molecule has 2 aromatic rings. The summed E-state index contributed by atoms with van der Waals surface area (Å²) in [6.45, 7) is 19.3. The highest BCUT2D eigenvalue weighted by molar-refractivity contribution is 5.91. The molecule has 5 rings (SSSR count). The van der Waals surface area contributed by atoms with Crippen molar-refractivity contribution in [2.45, 2.75) is 91.5 Å².